The number of methoxy groups -OCH3 is 1. The van der Waals surface area contributed by atoms with Gasteiger partial charge in [-0.15, -0.1) is 0 Å². The Morgan fingerprint density at radius 1 is 1.35 bits per heavy atom. The number of rotatable bonds is 5. The van der Waals surface area contributed by atoms with Crippen LogP contribution in [0.4, 0.5) is 0 Å². The molecule has 1 aromatic heterocycles. The van der Waals surface area contributed by atoms with Crippen molar-refractivity contribution < 1.29 is 14.1 Å². The monoisotopic (exact) mass is 281 g/mol. The topological polar surface area (TPSA) is 77.2 Å². The van der Waals surface area contributed by atoms with Gasteiger partial charge >= 0.3 is 11.8 Å². The summed E-state index contributed by atoms with van der Waals surface area (Å²) in [6, 6.07) is 0. The first-order valence-corrected chi connectivity index (χ1v) is 7.35. The van der Waals surface area contributed by atoms with E-state index in [9.17, 15) is 4.79 Å². The van der Waals surface area contributed by atoms with Crippen molar-refractivity contribution in [2.45, 2.75) is 57.5 Å². The lowest BCUT2D eigenvalue weighted by Crippen LogP contribution is -2.44. The Labute approximate surface area is 119 Å². The number of ether oxygens (including phenoxy) is 1. The smallest absolute Gasteiger partial charge is 0.315 e. The number of carbonyl (C=O) groups excluding carboxylic acids is 1. The van der Waals surface area contributed by atoms with Crippen LogP contribution in [0.3, 0.4) is 0 Å². The largest absolute Gasteiger partial charge is 0.376 e. The summed E-state index contributed by atoms with van der Waals surface area (Å²) >= 11 is 0. The van der Waals surface area contributed by atoms with Crippen molar-refractivity contribution >= 4 is 5.91 Å². The Hall–Kier alpha value is -1.43. The average molecular weight is 281 g/mol. The van der Waals surface area contributed by atoms with Crippen molar-refractivity contribution in [3.63, 3.8) is 0 Å². The molecule has 112 valence electrons. The van der Waals surface area contributed by atoms with Gasteiger partial charge in [-0.25, -0.2) is 0 Å². The Bertz CT molecular complexity index is 437. The van der Waals surface area contributed by atoms with E-state index < -0.39 is 0 Å². The number of nitrogens with zero attached hydrogens (tertiary/aromatic N) is 2. The van der Waals surface area contributed by atoms with Gasteiger partial charge in [0.05, 0.1) is 5.60 Å². The van der Waals surface area contributed by atoms with Crippen LogP contribution in [0, 0.1) is 0 Å². The standard InChI is InChI=1S/C14H23N3O3/c1-3-11-16-13(20-17-11)12(18)15-10-14(19-2)8-6-4-5-7-9-14/h3-10H2,1-2H3,(H,15,18). The summed E-state index contributed by atoms with van der Waals surface area (Å²) in [7, 11) is 1.72. The van der Waals surface area contributed by atoms with Crippen LogP contribution in [0.2, 0.25) is 0 Å². The highest BCUT2D eigenvalue weighted by molar-refractivity contribution is 5.89. The summed E-state index contributed by atoms with van der Waals surface area (Å²) in [6.45, 7) is 2.41. The highest BCUT2D eigenvalue weighted by Crippen LogP contribution is 2.29. The first-order valence-electron chi connectivity index (χ1n) is 7.35. The maximum absolute atomic E-state index is 12.0. The minimum atomic E-state index is -0.321. The van der Waals surface area contributed by atoms with Crippen molar-refractivity contribution in [1.82, 2.24) is 15.5 Å². The summed E-state index contributed by atoms with van der Waals surface area (Å²) in [6.07, 6.45) is 7.38. The summed E-state index contributed by atoms with van der Waals surface area (Å²) in [5, 5.41) is 6.59. The molecule has 1 heterocycles. The molecule has 2 rings (SSSR count). The SMILES string of the molecule is CCc1noc(C(=O)NCC2(OC)CCCCCC2)n1. The number of hydrogen-bond donors (Lipinski definition) is 1. The minimum Gasteiger partial charge on any atom is -0.376 e. The van der Waals surface area contributed by atoms with Crippen molar-refractivity contribution in [1.29, 1.82) is 0 Å². The highest BCUT2D eigenvalue weighted by atomic mass is 16.5. The second-order valence-corrected chi connectivity index (χ2v) is 5.35. The van der Waals surface area contributed by atoms with Crippen LogP contribution < -0.4 is 5.32 Å². The fourth-order valence-electron chi connectivity index (χ4n) is 2.63. The fraction of sp³-hybridized carbons (Fsp3) is 0.786. The molecule has 0 saturated heterocycles. The van der Waals surface area contributed by atoms with Crippen LogP contribution in [0.1, 0.15) is 62.0 Å². The van der Waals surface area contributed by atoms with Crippen LogP contribution in [0.25, 0.3) is 0 Å². The van der Waals surface area contributed by atoms with Gasteiger partial charge in [0.1, 0.15) is 0 Å². The van der Waals surface area contributed by atoms with E-state index in [1.54, 1.807) is 7.11 Å². The van der Waals surface area contributed by atoms with Gasteiger partial charge in [0, 0.05) is 20.1 Å². The molecule has 1 fully saturated rings. The minimum absolute atomic E-state index is 0.0294. The molecule has 0 spiro atoms. The quantitative estimate of drug-likeness (QED) is 0.836. The molecule has 1 N–H and O–H groups in total. The molecule has 1 aliphatic carbocycles. The molecule has 1 aromatic rings. The molecule has 20 heavy (non-hydrogen) atoms. The molecule has 6 heteroatoms. The van der Waals surface area contributed by atoms with Crippen molar-refractivity contribution in [3.8, 4) is 0 Å². The zero-order chi connectivity index (χ0) is 14.4. The summed E-state index contributed by atoms with van der Waals surface area (Å²) in [5.41, 5.74) is -0.250. The Kier molecular flexibility index (Phi) is 5.11. The Balaban J connectivity index is 1.93. The first kappa shape index (κ1) is 15.0. The summed E-state index contributed by atoms with van der Waals surface area (Å²) in [5.74, 6) is 0.255. The lowest BCUT2D eigenvalue weighted by Gasteiger charge is -2.31. The third-order valence-corrected chi connectivity index (χ3v) is 4.00. The third kappa shape index (κ3) is 3.56. The van der Waals surface area contributed by atoms with Gasteiger partial charge in [-0.1, -0.05) is 37.8 Å². The van der Waals surface area contributed by atoms with Gasteiger partial charge in [0.15, 0.2) is 5.82 Å². The third-order valence-electron chi connectivity index (χ3n) is 4.00. The first-order chi connectivity index (χ1) is 9.69. The summed E-state index contributed by atoms with van der Waals surface area (Å²) in [4.78, 5) is 16.0. The highest BCUT2D eigenvalue weighted by Gasteiger charge is 2.31. The van der Waals surface area contributed by atoms with Crippen molar-refractivity contribution in [2.24, 2.45) is 0 Å². The van der Waals surface area contributed by atoms with E-state index >= 15 is 0 Å². The van der Waals surface area contributed by atoms with E-state index in [2.05, 4.69) is 15.5 Å². The van der Waals surface area contributed by atoms with E-state index in [-0.39, 0.29) is 17.4 Å². The zero-order valence-electron chi connectivity index (χ0n) is 12.3. The van der Waals surface area contributed by atoms with Gasteiger partial charge in [0.25, 0.3) is 0 Å². The molecule has 1 saturated carbocycles. The molecule has 6 nitrogen and oxygen atoms in total. The van der Waals surface area contributed by atoms with E-state index in [0.29, 0.717) is 18.8 Å². The predicted molar refractivity (Wildman–Crippen MR) is 73.5 cm³/mol. The predicted octanol–water partition coefficient (Wildman–Crippen LogP) is 2.10. The van der Waals surface area contributed by atoms with Gasteiger partial charge in [-0.2, -0.15) is 4.98 Å². The van der Waals surface area contributed by atoms with Crippen molar-refractivity contribution in [3.05, 3.63) is 11.7 Å². The van der Waals surface area contributed by atoms with E-state index in [4.69, 9.17) is 9.26 Å². The molecule has 0 aliphatic heterocycles. The second-order valence-electron chi connectivity index (χ2n) is 5.35. The van der Waals surface area contributed by atoms with Crippen LogP contribution in [-0.2, 0) is 11.2 Å². The Morgan fingerprint density at radius 3 is 2.60 bits per heavy atom. The van der Waals surface area contributed by atoms with Gasteiger partial charge in [0.2, 0.25) is 0 Å². The number of hydrogen-bond acceptors (Lipinski definition) is 5. The maximum atomic E-state index is 12.0. The van der Waals surface area contributed by atoms with E-state index in [1.807, 2.05) is 6.92 Å². The van der Waals surface area contributed by atoms with Gasteiger partial charge in [-0.3, -0.25) is 4.79 Å². The van der Waals surface area contributed by atoms with Crippen molar-refractivity contribution in [2.75, 3.05) is 13.7 Å². The van der Waals surface area contributed by atoms with Crippen LogP contribution >= 0.6 is 0 Å². The van der Waals surface area contributed by atoms with Gasteiger partial charge < -0.3 is 14.6 Å². The summed E-state index contributed by atoms with van der Waals surface area (Å²) < 4.78 is 10.6. The molecule has 1 amide bonds. The molecule has 0 unspecified atom stereocenters. The van der Waals surface area contributed by atoms with Gasteiger partial charge in [-0.05, 0) is 12.8 Å². The molecule has 0 aromatic carbocycles. The van der Waals surface area contributed by atoms with Crippen LogP contribution in [0.5, 0.6) is 0 Å². The van der Waals surface area contributed by atoms with E-state index in [0.717, 1.165) is 25.7 Å². The number of aryl methyl sites for hydroxylation is 1. The number of carbonyl (C=O) groups is 1. The average Bonchev–Trinajstić information content (AvgIpc) is 2.84. The maximum Gasteiger partial charge on any atom is 0.315 e. The molecule has 0 atom stereocenters. The fourth-order valence-corrected chi connectivity index (χ4v) is 2.63. The Morgan fingerprint density at radius 2 is 2.05 bits per heavy atom. The lowest BCUT2D eigenvalue weighted by molar-refractivity contribution is -0.0207. The molecule has 0 bridgehead atoms. The molecule has 0 radical (unpaired) electrons. The second kappa shape index (κ2) is 6.83. The van der Waals surface area contributed by atoms with Crippen LogP contribution in [-0.4, -0.2) is 35.3 Å². The lowest BCUT2D eigenvalue weighted by atomic mass is 9.94. The molecular formula is C14H23N3O3. The number of nitrogens with one attached hydrogen (secondary N) is 1. The normalized spacial score (nSPS) is 18.5. The number of aromatic nitrogens is 2. The number of amides is 1. The van der Waals surface area contributed by atoms with Crippen LogP contribution in [0.15, 0.2) is 4.52 Å². The molecular weight excluding hydrogens is 258 g/mol. The molecule has 1 aliphatic rings. The van der Waals surface area contributed by atoms with E-state index in [1.165, 1.54) is 12.8 Å². The zero-order valence-corrected chi connectivity index (χ0v) is 12.3.